The highest BCUT2D eigenvalue weighted by Gasteiger charge is 2.22. The quantitative estimate of drug-likeness (QED) is 0.586. The van der Waals surface area contributed by atoms with Crippen molar-refractivity contribution in [2.45, 2.75) is 32.7 Å². The smallest absolute Gasteiger partial charge is 0.311 e. The summed E-state index contributed by atoms with van der Waals surface area (Å²) in [7, 11) is 0. The number of nitrogens with one attached hydrogen (secondary N) is 1. The van der Waals surface area contributed by atoms with Crippen molar-refractivity contribution in [3.63, 3.8) is 0 Å². The number of nitro groups is 1. The molecular weight excluding hydrogens is 248 g/mol. The summed E-state index contributed by atoms with van der Waals surface area (Å²) in [5, 5.41) is 23.4. The summed E-state index contributed by atoms with van der Waals surface area (Å²) in [6, 6.07) is 4.61. The van der Waals surface area contributed by atoms with Gasteiger partial charge >= 0.3 is 5.69 Å². The van der Waals surface area contributed by atoms with Crippen LogP contribution in [0.2, 0.25) is 0 Å². The molecule has 6 nitrogen and oxygen atoms in total. The minimum Gasteiger partial charge on any atom is -0.487 e. The first-order valence-electron chi connectivity index (χ1n) is 6.26. The Morgan fingerprint density at radius 3 is 2.63 bits per heavy atom. The van der Waals surface area contributed by atoms with E-state index in [-0.39, 0.29) is 18.0 Å². The third-order valence-corrected chi connectivity index (χ3v) is 3.03. The zero-order chi connectivity index (χ0) is 14.5. The molecule has 1 aromatic rings. The summed E-state index contributed by atoms with van der Waals surface area (Å²) in [5.74, 6) is 0.230. The van der Waals surface area contributed by atoms with E-state index in [2.05, 4.69) is 5.32 Å². The van der Waals surface area contributed by atoms with Crippen molar-refractivity contribution in [3.05, 3.63) is 28.3 Å². The zero-order valence-corrected chi connectivity index (χ0v) is 11.5. The van der Waals surface area contributed by atoms with Crippen LogP contribution in [0.1, 0.15) is 27.2 Å². The summed E-state index contributed by atoms with van der Waals surface area (Å²) in [4.78, 5) is 10.4. The van der Waals surface area contributed by atoms with Crippen molar-refractivity contribution < 1.29 is 14.8 Å². The maximum atomic E-state index is 10.9. The van der Waals surface area contributed by atoms with Crippen molar-refractivity contribution in [2.75, 3.05) is 18.5 Å². The Morgan fingerprint density at radius 1 is 1.47 bits per heavy atom. The molecule has 19 heavy (non-hydrogen) atoms. The monoisotopic (exact) mass is 268 g/mol. The van der Waals surface area contributed by atoms with Gasteiger partial charge in [-0.3, -0.25) is 10.1 Å². The molecule has 0 aromatic heterocycles. The van der Waals surface area contributed by atoms with E-state index in [4.69, 9.17) is 4.74 Å². The summed E-state index contributed by atoms with van der Waals surface area (Å²) in [5.41, 5.74) is 0.168. The summed E-state index contributed by atoms with van der Waals surface area (Å²) >= 11 is 0. The third-order valence-electron chi connectivity index (χ3n) is 3.03. The standard InChI is InChI=1S/C13H20N2O4/c1-4-13(3,9-16)14-10-6-7-11(15(17)18)12(8-10)19-5-2/h6-8,14,16H,4-5,9H2,1-3H3. The molecule has 0 amide bonds. The van der Waals surface area contributed by atoms with Crippen LogP contribution in [-0.2, 0) is 0 Å². The van der Waals surface area contributed by atoms with Crippen LogP contribution in [0.25, 0.3) is 0 Å². The molecule has 106 valence electrons. The first-order chi connectivity index (χ1) is 8.95. The molecule has 0 saturated carbocycles. The average molecular weight is 268 g/mol. The van der Waals surface area contributed by atoms with Crippen molar-refractivity contribution in [1.29, 1.82) is 0 Å². The van der Waals surface area contributed by atoms with E-state index in [9.17, 15) is 15.2 Å². The number of hydrogen-bond donors (Lipinski definition) is 2. The van der Waals surface area contributed by atoms with Crippen LogP contribution in [0.3, 0.4) is 0 Å². The fourth-order valence-electron chi connectivity index (χ4n) is 1.60. The molecule has 0 radical (unpaired) electrons. The van der Waals surface area contributed by atoms with Gasteiger partial charge < -0.3 is 15.2 Å². The normalized spacial score (nSPS) is 13.7. The highest BCUT2D eigenvalue weighted by Crippen LogP contribution is 2.31. The van der Waals surface area contributed by atoms with Crippen LogP contribution in [0.15, 0.2) is 18.2 Å². The number of anilines is 1. The SMILES string of the molecule is CCOc1cc(NC(C)(CC)CO)ccc1[N+](=O)[O-]. The van der Waals surface area contributed by atoms with E-state index in [1.54, 1.807) is 19.1 Å². The summed E-state index contributed by atoms with van der Waals surface area (Å²) in [6.07, 6.45) is 0.727. The van der Waals surface area contributed by atoms with Crippen LogP contribution in [-0.4, -0.2) is 28.8 Å². The lowest BCUT2D eigenvalue weighted by molar-refractivity contribution is -0.385. The van der Waals surface area contributed by atoms with Crippen LogP contribution in [0.4, 0.5) is 11.4 Å². The third kappa shape index (κ3) is 3.82. The zero-order valence-electron chi connectivity index (χ0n) is 11.5. The number of aliphatic hydroxyl groups excluding tert-OH is 1. The Hall–Kier alpha value is -1.82. The maximum Gasteiger partial charge on any atom is 0.311 e. The van der Waals surface area contributed by atoms with E-state index in [1.807, 2.05) is 13.8 Å². The van der Waals surface area contributed by atoms with Gasteiger partial charge in [-0.1, -0.05) is 6.92 Å². The van der Waals surface area contributed by atoms with Crippen molar-refractivity contribution >= 4 is 11.4 Å². The summed E-state index contributed by atoms with van der Waals surface area (Å²) < 4.78 is 5.28. The average Bonchev–Trinajstić information content (AvgIpc) is 2.39. The molecule has 0 fully saturated rings. The van der Waals surface area contributed by atoms with Crippen LogP contribution in [0, 0.1) is 10.1 Å². The lowest BCUT2D eigenvalue weighted by Crippen LogP contribution is -2.37. The van der Waals surface area contributed by atoms with Gasteiger partial charge in [-0.15, -0.1) is 0 Å². The van der Waals surface area contributed by atoms with Crippen molar-refractivity contribution in [1.82, 2.24) is 0 Å². The molecule has 1 rings (SSSR count). The first-order valence-corrected chi connectivity index (χ1v) is 6.26. The molecule has 0 saturated heterocycles. The maximum absolute atomic E-state index is 10.9. The number of hydrogen-bond acceptors (Lipinski definition) is 5. The Kier molecular flexibility index (Phi) is 5.11. The second-order valence-electron chi connectivity index (χ2n) is 4.57. The van der Waals surface area contributed by atoms with E-state index in [1.165, 1.54) is 6.07 Å². The molecular formula is C13H20N2O4. The van der Waals surface area contributed by atoms with Gasteiger partial charge in [0.05, 0.1) is 23.7 Å². The number of nitrogens with zero attached hydrogens (tertiary/aromatic N) is 1. The molecule has 6 heteroatoms. The molecule has 0 aliphatic carbocycles. The van der Waals surface area contributed by atoms with Gasteiger partial charge in [0.1, 0.15) is 0 Å². The molecule has 0 aliphatic rings. The molecule has 0 aliphatic heterocycles. The predicted octanol–water partition coefficient (Wildman–Crippen LogP) is 2.57. The number of rotatable bonds is 7. The molecule has 2 N–H and O–H groups in total. The number of ether oxygens (including phenoxy) is 1. The highest BCUT2D eigenvalue weighted by molar-refractivity contribution is 5.58. The number of aliphatic hydroxyl groups is 1. The Morgan fingerprint density at radius 2 is 2.16 bits per heavy atom. The Bertz CT molecular complexity index is 444. The number of benzene rings is 1. The second-order valence-corrected chi connectivity index (χ2v) is 4.57. The molecule has 1 aromatic carbocycles. The van der Waals surface area contributed by atoms with E-state index < -0.39 is 10.5 Å². The Labute approximate surface area is 112 Å². The van der Waals surface area contributed by atoms with Crippen LogP contribution < -0.4 is 10.1 Å². The van der Waals surface area contributed by atoms with Gasteiger partial charge in [0.25, 0.3) is 0 Å². The minimum absolute atomic E-state index is 0.0234. The molecule has 1 atom stereocenters. The molecule has 1 unspecified atom stereocenters. The van der Waals surface area contributed by atoms with Gasteiger partial charge in [-0.25, -0.2) is 0 Å². The minimum atomic E-state index is -0.472. The lowest BCUT2D eigenvalue weighted by Gasteiger charge is -2.28. The lowest BCUT2D eigenvalue weighted by atomic mass is 10.00. The van der Waals surface area contributed by atoms with Crippen molar-refractivity contribution in [3.8, 4) is 5.75 Å². The fraction of sp³-hybridized carbons (Fsp3) is 0.538. The molecule has 0 heterocycles. The summed E-state index contributed by atoms with van der Waals surface area (Å²) in [6.45, 7) is 5.94. The van der Waals surface area contributed by atoms with E-state index in [0.29, 0.717) is 12.3 Å². The topological polar surface area (TPSA) is 84.6 Å². The van der Waals surface area contributed by atoms with Crippen molar-refractivity contribution in [2.24, 2.45) is 0 Å². The van der Waals surface area contributed by atoms with Gasteiger partial charge in [0, 0.05) is 17.8 Å². The van der Waals surface area contributed by atoms with Gasteiger partial charge in [-0.05, 0) is 26.3 Å². The van der Waals surface area contributed by atoms with Gasteiger partial charge in [0.2, 0.25) is 0 Å². The molecule has 0 spiro atoms. The highest BCUT2D eigenvalue weighted by atomic mass is 16.6. The Balaban J connectivity index is 3.04. The van der Waals surface area contributed by atoms with E-state index >= 15 is 0 Å². The second kappa shape index (κ2) is 6.38. The fourth-order valence-corrected chi connectivity index (χ4v) is 1.60. The number of nitro benzene ring substituents is 1. The molecule has 0 bridgehead atoms. The van der Waals surface area contributed by atoms with E-state index in [0.717, 1.165) is 6.42 Å². The van der Waals surface area contributed by atoms with Gasteiger partial charge in [-0.2, -0.15) is 0 Å². The predicted molar refractivity (Wildman–Crippen MR) is 73.7 cm³/mol. The largest absolute Gasteiger partial charge is 0.487 e. The van der Waals surface area contributed by atoms with Crippen LogP contribution >= 0.6 is 0 Å². The van der Waals surface area contributed by atoms with Gasteiger partial charge in [0.15, 0.2) is 5.75 Å². The first kappa shape index (κ1) is 15.2. The van der Waals surface area contributed by atoms with Crippen LogP contribution in [0.5, 0.6) is 5.75 Å².